The maximum atomic E-state index is 9.83. The third-order valence-electron chi connectivity index (χ3n) is 2.63. The first kappa shape index (κ1) is 10.7. The summed E-state index contributed by atoms with van der Waals surface area (Å²) < 4.78 is 10.4. The number of rotatable bonds is 2. The molecule has 4 nitrogen and oxygen atoms in total. The molecule has 0 spiro atoms. The van der Waals surface area contributed by atoms with Crippen molar-refractivity contribution in [3.8, 4) is 17.2 Å². The molecule has 1 N–H and O–H groups in total. The first-order valence-corrected chi connectivity index (χ1v) is 5.55. The van der Waals surface area contributed by atoms with Crippen molar-refractivity contribution in [2.24, 2.45) is 4.99 Å². The number of para-hydroxylation sites is 1. The highest BCUT2D eigenvalue weighted by atomic mass is 16.7. The first-order valence-electron chi connectivity index (χ1n) is 5.55. The first-order chi connectivity index (χ1) is 8.83. The van der Waals surface area contributed by atoms with Crippen LogP contribution >= 0.6 is 0 Å². The van der Waals surface area contributed by atoms with E-state index in [1.54, 1.807) is 12.3 Å². The fourth-order valence-corrected chi connectivity index (χ4v) is 1.71. The van der Waals surface area contributed by atoms with Crippen LogP contribution < -0.4 is 9.47 Å². The van der Waals surface area contributed by atoms with Crippen molar-refractivity contribution < 1.29 is 14.6 Å². The maximum Gasteiger partial charge on any atom is 0.231 e. The quantitative estimate of drug-likeness (QED) is 0.822. The summed E-state index contributed by atoms with van der Waals surface area (Å²) in [4.78, 5) is 4.28. The lowest BCUT2D eigenvalue weighted by Gasteiger charge is -2.01. The molecule has 0 saturated heterocycles. The van der Waals surface area contributed by atoms with Crippen LogP contribution in [0, 0.1) is 0 Å². The molecule has 1 aliphatic rings. The van der Waals surface area contributed by atoms with Crippen molar-refractivity contribution in [1.82, 2.24) is 0 Å². The number of hydrogen-bond acceptors (Lipinski definition) is 4. The molecule has 4 heteroatoms. The number of ether oxygens (including phenoxy) is 2. The van der Waals surface area contributed by atoms with Crippen LogP contribution in [-0.2, 0) is 0 Å². The van der Waals surface area contributed by atoms with E-state index in [-0.39, 0.29) is 12.5 Å². The number of aromatic hydroxyl groups is 1. The molecule has 1 heterocycles. The summed E-state index contributed by atoms with van der Waals surface area (Å²) in [6.07, 6.45) is 1.60. The normalized spacial score (nSPS) is 13.1. The summed E-state index contributed by atoms with van der Waals surface area (Å²) >= 11 is 0. The van der Waals surface area contributed by atoms with Crippen molar-refractivity contribution in [1.29, 1.82) is 0 Å². The Balaban J connectivity index is 1.91. The summed E-state index contributed by atoms with van der Waals surface area (Å²) in [5, 5.41) is 9.83. The molecule has 90 valence electrons. The third kappa shape index (κ3) is 2.00. The molecular weight excluding hydrogens is 230 g/mol. The van der Waals surface area contributed by atoms with Crippen molar-refractivity contribution in [3.05, 3.63) is 48.0 Å². The summed E-state index contributed by atoms with van der Waals surface area (Å²) in [7, 11) is 0. The van der Waals surface area contributed by atoms with Gasteiger partial charge in [-0.05, 0) is 18.2 Å². The SMILES string of the molecule is Oc1cc2c(cc1/C=N/c1ccccc1)OCO2. The molecule has 0 aliphatic carbocycles. The fourth-order valence-electron chi connectivity index (χ4n) is 1.71. The fraction of sp³-hybridized carbons (Fsp3) is 0.0714. The van der Waals surface area contributed by atoms with Gasteiger partial charge in [0.15, 0.2) is 11.5 Å². The molecule has 0 fully saturated rings. The van der Waals surface area contributed by atoms with Crippen LogP contribution in [0.5, 0.6) is 17.2 Å². The molecule has 18 heavy (non-hydrogen) atoms. The van der Waals surface area contributed by atoms with Crippen LogP contribution in [0.15, 0.2) is 47.5 Å². The molecule has 0 radical (unpaired) electrons. The van der Waals surface area contributed by atoms with Crippen molar-refractivity contribution in [3.63, 3.8) is 0 Å². The second-order valence-electron chi connectivity index (χ2n) is 3.86. The van der Waals surface area contributed by atoms with E-state index >= 15 is 0 Å². The molecule has 2 aromatic rings. The summed E-state index contributed by atoms with van der Waals surface area (Å²) in [5.74, 6) is 1.31. The molecule has 0 aromatic heterocycles. The van der Waals surface area contributed by atoms with E-state index < -0.39 is 0 Å². The van der Waals surface area contributed by atoms with E-state index in [1.807, 2.05) is 30.3 Å². The average molecular weight is 241 g/mol. The van der Waals surface area contributed by atoms with Gasteiger partial charge in [0, 0.05) is 17.8 Å². The number of nitrogens with zero attached hydrogens (tertiary/aromatic N) is 1. The van der Waals surface area contributed by atoms with Crippen molar-refractivity contribution in [2.45, 2.75) is 0 Å². The molecule has 0 amide bonds. The second kappa shape index (κ2) is 4.41. The molecule has 2 aromatic carbocycles. The largest absolute Gasteiger partial charge is 0.507 e. The lowest BCUT2D eigenvalue weighted by atomic mass is 10.2. The third-order valence-corrected chi connectivity index (χ3v) is 2.63. The number of phenols is 1. The van der Waals surface area contributed by atoms with E-state index in [0.717, 1.165) is 5.69 Å². The predicted octanol–water partition coefficient (Wildman–Crippen LogP) is 2.87. The van der Waals surface area contributed by atoms with Gasteiger partial charge in [0.25, 0.3) is 0 Å². The Bertz CT molecular complexity index is 593. The lowest BCUT2D eigenvalue weighted by Crippen LogP contribution is -1.92. The standard InChI is InChI=1S/C14H11NO3/c16-12-7-14-13(17-9-18-14)6-10(12)8-15-11-4-2-1-3-5-11/h1-8,16H,9H2/b15-8+. The highest BCUT2D eigenvalue weighted by Crippen LogP contribution is 2.37. The second-order valence-corrected chi connectivity index (χ2v) is 3.86. The molecule has 0 unspecified atom stereocenters. The predicted molar refractivity (Wildman–Crippen MR) is 67.9 cm³/mol. The molecular formula is C14H11NO3. The number of phenolic OH excluding ortho intramolecular Hbond substituents is 1. The Kier molecular flexibility index (Phi) is 2.61. The highest BCUT2D eigenvalue weighted by molar-refractivity contribution is 5.86. The summed E-state index contributed by atoms with van der Waals surface area (Å²) in [5.41, 5.74) is 1.43. The van der Waals surface area contributed by atoms with Crippen LogP contribution in [0.1, 0.15) is 5.56 Å². The van der Waals surface area contributed by atoms with Gasteiger partial charge in [-0.15, -0.1) is 0 Å². The van der Waals surface area contributed by atoms with Crippen LogP contribution in [0.3, 0.4) is 0 Å². The van der Waals surface area contributed by atoms with Crippen LogP contribution in [0.25, 0.3) is 0 Å². The summed E-state index contributed by atoms with van der Waals surface area (Å²) in [6.45, 7) is 0.189. The van der Waals surface area contributed by atoms with E-state index in [2.05, 4.69) is 4.99 Å². The van der Waals surface area contributed by atoms with Gasteiger partial charge < -0.3 is 14.6 Å². The monoisotopic (exact) mass is 241 g/mol. The maximum absolute atomic E-state index is 9.83. The smallest absolute Gasteiger partial charge is 0.231 e. The van der Waals surface area contributed by atoms with Gasteiger partial charge in [-0.1, -0.05) is 18.2 Å². The Labute approximate surface area is 104 Å². The van der Waals surface area contributed by atoms with Gasteiger partial charge >= 0.3 is 0 Å². The zero-order valence-corrected chi connectivity index (χ0v) is 9.54. The number of fused-ring (bicyclic) bond motifs is 1. The molecule has 1 aliphatic heterocycles. The van der Waals surface area contributed by atoms with E-state index in [4.69, 9.17) is 9.47 Å². The van der Waals surface area contributed by atoms with E-state index in [9.17, 15) is 5.11 Å². The van der Waals surface area contributed by atoms with Crippen molar-refractivity contribution in [2.75, 3.05) is 6.79 Å². The number of benzene rings is 2. The topological polar surface area (TPSA) is 51.1 Å². The van der Waals surface area contributed by atoms with Crippen molar-refractivity contribution >= 4 is 11.9 Å². The Morgan fingerprint density at radius 2 is 1.78 bits per heavy atom. The van der Waals surface area contributed by atoms with Gasteiger partial charge in [0.05, 0.1) is 5.69 Å². The zero-order valence-electron chi connectivity index (χ0n) is 9.54. The lowest BCUT2D eigenvalue weighted by molar-refractivity contribution is 0.174. The highest BCUT2D eigenvalue weighted by Gasteiger charge is 2.15. The van der Waals surface area contributed by atoms with Gasteiger partial charge in [0.2, 0.25) is 6.79 Å². The molecule has 3 rings (SSSR count). The molecule has 0 atom stereocenters. The molecule has 0 bridgehead atoms. The van der Waals surface area contributed by atoms with Crippen LogP contribution in [0.2, 0.25) is 0 Å². The Morgan fingerprint density at radius 3 is 2.56 bits per heavy atom. The zero-order chi connectivity index (χ0) is 12.4. The average Bonchev–Trinajstić information content (AvgIpc) is 2.84. The minimum atomic E-state index is 0.124. The van der Waals surface area contributed by atoms with Crippen LogP contribution in [0.4, 0.5) is 5.69 Å². The number of hydrogen-bond donors (Lipinski definition) is 1. The van der Waals surface area contributed by atoms with Gasteiger partial charge in [0.1, 0.15) is 5.75 Å². The van der Waals surface area contributed by atoms with Gasteiger partial charge in [-0.3, -0.25) is 4.99 Å². The number of aliphatic imine (C=N–C) groups is 1. The van der Waals surface area contributed by atoms with E-state index in [1.165, 1.54) is 6.07 Å². The Hall–Kier alpha value is -2.49. The summed E-state index contributed by atoms with van der Waals surface area (Å²) in [6, 6.07) is 12.8. The Morgan fingerprint density at radius 1 is 1.06 bits per heavy atom. The minimum absolute atomic E-state index is 0.124. The van der Waals surface area contributed by atoms with Crippen LogP contribution in [-0.4, -0.2) is 18.1 Å². The van der Waals surface area contributed by atoms with Gasteiger partial charge in [-0.25, -0.2) is 0 Å². The molecule has 0 saturated carbocycles. The van der Waals surface area contributed by atoms with E-state index in [0.29, 0.717) is 17.1 Å². The minimum Gasteiger partial charge on any atom is -0.507 e. The van der Waals surface area contributed by atoms with Gasteiger partial charge in [-0.2, -0.15) is 0 Å².